The van der Waals surface area contributed by atoms with E-state index in [0.717, 1.165) is 27.5 Å². The first kappa shape index (κ1) is 16.9. The SMILES string of the molecule is O=C(NCc1csc(-c2cnccn2)n1)c1cccc(-c2cncnc2)c1. The van der Waals surface area contributed by atoms with Crippen LogP contribution in [0.5, 0.6) is 0 Å². The van der Waals surface area contributed by atoms with E-state index in [4.69, 9.17) is 0 Å². The third-order valence-electron chi connectivity index (χ3n) is 3.78. The molecule has 3 heterocycles. The van der Waals surface area contributed by atoms with E-state index >= 15 is 0 Å². The summed E-state index contributed by atoms with van der Waals surface area (Å²) in [5.74, 6) is -0.164. The molecule has 0 aliphatic rings. The maximum atomic E-state index is 12.5. The van der Waals surface area contributed by atoms with E-state index in [2.05, 4.69) is 30.2 Å². The Morgan fingerprint density at radius 2 is 1.93 bits per heavy atom. The molecule has 27 heavy (non-hydrogen) atoms. The highest BCUT2D eigenvalue weighted by Gasteiger charge is 2.10. The zero-order valence-electron chi connectivity index (χ0n) is 14.1. The van der Waals surface area contributed by atoms with E-state index in [1.165, 1.54) is 17.7 Å². The van der Waals surface area contributed by atoms with Crippen molar-refractivity contribution in [3.05, 3.63) is 78.2 Å². The van der Waals surface area contributed by atoms with Crippen LogP contribution >= 0.6 is 11.3 Å². The number of benzene rings is 1. The van der Waals surface area contributed by atoms with Gasteiger partial charge in [-0.15, -0.1) is 11.3 Å². The first-order valence-corrected chi connectivity index (χ1v) is 9.02. The van der Waals surface area contributed by atoms with Crippen molar-refractivity contribution in [2.24, 2.45) is 0 Å². The number of amides is 1. The van der Waals surface area contributed by atoms with Gasteiger partial charge in [-0.25, -0.2) is 15.0 Å². The molecule has 0 bridgehead atoms. The lowest BCUT2D eigenvalue weighted by molar-refractivity contribution is 0.0950. The van der Waals surface area contributed by atoms with Crippen molar-refractivity contribution in [3.8, 4) is 21.8 Å². The Hall–Kier alpha value is -3.52. The highest BCUT2D eigenvalue weighted by Crippen LogP contribution is 2.21. The number of rotatable bonds is 5. The van der Waals surface area contributed by atoms with Gasteiger partial charge in [0.15, 0.2) is 0 Å². The zero-order valence-corrected chi connectivity index (χ0v) is 14.9. The van der Waals surface area contributed by atoms with Crippen LogP contribution in [0.1, 0.15) is 16.1 Å². The summed E-state index contributed by atoms with van der Waals surface area (Å²) in [6.07, 6.45) is 9.82. The monoisotopic (exact) mass is 374 g/mol. The quantitative estimate of drug-likeness (QED) is 0.577. The molecule has 8 heteroatoms. The molecule has 0 aliphatic carbocycles. The van der Waals surface area contributed by atoms with Gasteiger partial charge in [0.2, 0.25) is 0 Å². The van der Waals surface area contributed by atoms with Crippen molar-refractivity contribution < 1.29 is 4.79 Å². The Labute approximate surface area is 159 Å². The van der Waals surface area contributed by atoms with Crippen molar-refractivity contribution in [1.82, 2.24) is 30.2 Å². The molecule has 1 N–H and O–H groups in total. The molecule has 0 aliphatic heterocycles. The fraction of sp³-hybridized carbons (Fsp3) is 0.0526. The van der Waals surface area contributed by atoms with Crippen LogP contribution < -0.4 is 5.32 Å². The summed E-state index contributed by atoms with van der Waals surface area (Å²) in [6, 6.07) is 7.35. The van der Waals surface area contributed by atoms with Crippen LogP contribution in [0.2, 0.25) is 0 Å². The number of nitrogens with zero attached hydrogens (tertiary/aromatic N) is 5. The van der Waals surface area contributed by atoms with E-state index in [1.54, 1.807) is 37.1 Å². The maximum Gasteiger partial charge on any atom is 0.251 e. The molecule has 0 atom stereocenters. The lowest BCUT2D eigenvalue weighted by Crippen LogP contribution is -2.22. The van der Waals surface area contributed by atoms with Crippen LogP contribution in [0, 0.1) is 0 Å². The number of aromatic nitrogens is 5. The predicted octanol–water partition coefficient (Wildman–Crippen LogP) is 2.99. The molecule has 3 aromatic heterocycles. The minimum absolute atomic E-state index is 0.164. The van der Waals surface area contributed by atoms with Crippen LogP contribution in [0.4, 0.5) is 0 Å². The largest absolute Gasteiger partial charge is 0.346 e. The van der Waals surface area contributed by atoms with Crippen LogP contribution in [-0.4, -0.2) is 30.8 Å². The third-order valence-corrected chi connectivity index (χ3v) is 4.70. The molecular formula is C19H14N6OS. The molecule has 0 radical (unpaired) electrons. The average molecular weight is 374 g/mol. The lowest BCUT2D eigenvalue weighted by Gasteiger charge is -2.06. The Bertz CT molecular complexity index is 1050. The highest BCUT2D eigenvalue weighted by molar-refractivity contribution is 7.13. The molecule has 4 aromatic rings. The van der Waals surface area contributed by atoms with Crippen molar-refractivity contribution in [2.45, 2.75) is 6.54 Å². The second-order valence-electron chi connectivity index (χ2n) is 5.63. The zero-order chi connectivity index (χ0) is 18.5. The van der Waals surface area contributed by atoms with E-state index in [1.807, 2.05) is 23.6 Å². The first-order valence-electron chi connectivity index (χ1n) is 8.14. The molecule has 7 nitrogen and oxygen atoms in total. The summed E-state index contributed by atoms with van der Waals surface area (Å²) in [6.45, 7) is 0.342. The van der Waals surface area contributed by atoms with Crippen LogP contribution in [0.15, 0.2) is 67.0 Å². The number of hydrogen-bond acceptors (Lipinski definition) is 7. The molecule has 1 amide bonds. The van der Waals surface area contributed by atoms with Gasteiger partial charge in [-0.05, 0) is 17.7 Å². The Morgan fingerprint density at radius 3 is 2.74 bits per heavy atom. The number of nitrogens with one attached hydrogen (secondary N) is 1. The molecule has 1 aromatic carbocycles. The molecule has 0 unspecified atom stereocenters. The van der Waals surface area contributed by atoms with Gasteiger partial charge in [-0.3, -0.25) is 14.8 Å². The average Bonchev–Trinajstić information content (AvgIpc) is 3.22. The minimum atomic E-state index is -0.164. The summed E-state index contributed by atoms with van der Waals surface area (Å²) in [5.41, 5.74) is 3.82. The Balaban J connectivity index is 1.44. The minimum Gasteiger partial charge on any atom is -0.346 e. The maximum absolute atomic E-state index is 12.5. The fourth-order valence-corrected chi connectivity index (χ4v) is 3.26. The summed E-state index contributed by atoms with van der Waals surface area (Å²) >= 11 is 1.47. The van der Waals surface area contributed by atoms with Gasteiger partial charge in [-0.1, -0.05) is 12.1 Å². The molecule has 4 rings (SSSR count). The standard InChI is InChI=1S/C19H14N6OS/c26-18(14-3-1-2-13(6-14)15-7-21-12-22-8-15)24-9-16-11-27-19(25-16)17-10-20-4-5-23-17/h1-8,10-12H,9H2,(H,24,26). The summed E-state index contributed by atoms with van der Waals surface area (Å²) in [7, 11) is 0. The van der Waals surface area contributed by atoms with Gasteiger partial charge < -0.3 is 5.32 Å². The molecule has 132 valence electrons. The molecule has 0 spiro atoms. The normalized spacial score (nSPS) is 10.5. The van der Waals surface area contributed by atoms with Crippen LogP contribution in [0.3, 0.4) is 0 Å². The summed E-state index contributed by atoms with van der Waals surface area (Å²) < 4.78 is 0. The van der Waals surface area contributed by atoms with Crippen molar-refractivity contribution in [2.75, 3.05) is 0 Å². The van der Waals surface area contributed by atoms with Gasteiger partial charge in [0, 0.05) is 41.3 Å². The first-order chi connectivity index (χ1) is 13.3. The van der Waals surface area contributed by atoms with E-state index in [0.29, 0.717) is 12.1 Å². The molecule has 0 saturated heterocycles. The summed E-state index contributed by atoms with van der Waals surface area (Å²) in [5, 5.41) is 5.58. The molecular weight excluding hydrogens is 360 g/mol. The second kappa shape index (κ2) is 7.79. The van der Waals surface area contributed by atoms with Gasteiger partial charge >= 0.3 is 0 Å². The smallest absolute Gasteiger partial charge is 0.251 e. The number of carbonyl (C=O) groups excluding carboxylic acids is 1. The fourth-order valence-electron chi connectivity index (χ4n) is 2.48. The highest BCUT2D eigenvalue weighted by atomic mass is 32.1. The molecule has 0 fully saturated rings. The van der Waals surface area contributed by atoms with E-state index < -0.39 is 0 Å². The van der Waals surface area contributed by atoms with E-state index in [-0.39, 0.29) is 5.91 Å². The van der Waals surface area contributed by atoms with Gasteiger partial charge in [0.1, 0.15) is 17.0 Å². The Kier molecular flexibility index (Phi) is 4.88. The van der Waals surface area contributed by atoms with Crippen LogP contribution in [0.25, 0.3) is 21.8 Å². The van der Waals surface area contributed by atoms with Gasteiger partial charge in [-0.2, -0.15) is 0 Å². The lowest BCUT2D eigenvalue weighted by atomic mass is 10.1. The van der Waals surface area contributed by atoms with Gasteiger partial charge in [0.05, 0.1) is 18.4 Å². The van der Waals surface area contributed by atoms with Crippen molar-refractivity contribution in [1.29, 1.82) is 0 Å². The van der Waals surface area contributed by atoms with E-state index in [9.17, 15) is 4.79 Å². The second-order valence-corrected chi connectivity index (χ2v) is 6.48. The number of hydrogen-bond donors (Lipinski definition) is 1. The van der Waals surface area contributed by atoms with Crippen molar-refractivity contribution >= 4 is 17.2 Å². The third kappa shape index (κ3) is 4.01. The van der Waals surface area contributed by atoms with Gasteiger partial charge in [0.25, 0.3) is 5.91 Å². The predicted molar refractivity (Wildman–Crippen MR) is 102 cm³/mol. The topological polar surface area (TPSA) is 93.6 Å². The number of thiazole rings is 1. The Morgan fingerprint density at radius 1 is 1.04 bits per heavy atom. The van der Waals surface area contributed by atoms with Crippen LogP contribution in [-0.2, 0) is 6.54 Å². The van der Waals surface area contributed by atoms with Crippen molar-refractivity contribution in [3.63, 3.8) is 0 Å². The molecule has 0 saturated carbocycles. The number of carbonyl (C=O) groups is 1. The summed E-state index contributed by atoms with van der Waals surface area (Å²) in [4.78, 5) is 33.3.